The third kappa shape index (κ3) is 6.59. The van der Waals surface area contributed by atoms with Gasteiger partial charge in [-0.3, -0.25) is 10.2 Å². The van der Waals surface area contributed by atoms with Gasteiger partial charge in [0.25, 0.3) is 0 Å². The Kier molecular flexibility index (Phi) is 8.87. The fraction of sp³-hybridized carbons (Fsp3) is 0.367. The van der Waals surface area contributed by atoms with E-state index in [-0.39, 0.29) is 29.5 Å². The molecule has 2 aliphatic rings. The third-order valence-electron chi connectivity index (χ3n) is 8.22. The number of nitrogens with zero attached hydrogens (tertiary/aromatic N) is 6. The number of benzene rings is 2. The first kappa shape index (κ1) is 30.1. The molecule has 44 heavy (non-hydrogen) atoms. The standard InChI is InChI=1S/C30H32ClFN8O3S/c1-38(28(41)34-16-22-7-4-8-24(32)27(22)31)30(14-23(30)9-10-39-11-12-40-18-35-37-26(40)17-39)44-19-43-29(42)36-25-13-20-5-2-3-6-21(20)15-33-25/h2-8,13,15,18,23H,9-12,14,16-17,19H2,1H3,(H,34,41)(H,33,36,42). The van der Waals surface area contributed by atoms with Crippen molar-refractivity contribution in [2.75, 3.05) is 31.4 Å². The van der Waals surface area contributed by atoms with Gasteiger partial charge in [-0.05, 0) is 48.4 Å². The summed E-state index contributed by atoms with van der Waals surface area (Å²) in [6.45, 7) is 3.38. The van der Waals surface area contributed by atoms with Crippen molar-refractivity contribution in [2.45, 2.75) is 37.3 Å². The second kappa shape index (κ2) is 13.0. The lowest BCUT2D eigenvalue weighted by Gasteiger charge is -2.30. The zero-order chi connectivity index (χ0) is 30.7. The van der Waals surface area contributed by atoms with Crippen molar-refractivity contribution in [1.82, 2.24) is 34.9 Å². The number of thioether (sulfide) groups is 1. The molecule has 14 heteroatoms. The molecule has 3 heterocycles. The smallest absolute Gasteiger partial charge is 0.413 e. The van der Waals surface area contributed by atoms with E-state index in [1.54, 1.807) is 42.7 Å². The largest absolute Gasteiger partial charge is 0.438 e. The predicted molar refractivity (Wildman–Crippen MR) is 166 cm³/mol. The van der Waals surface area contributed by atoms with Crippen LogP contribution in [0, 0.1) is 11.7 Å². The number of fused-ring (bicyclic) bond motifs is 2. The Morgan fingerprint density at radius 1 is 1.20 bits per heavy atom. The van der Waals surface area contributed by atoms with Crippen molar-refractivity contribution in [3.63, 3.8) is 0 Å². The van der Waals surface area contributed by atoms with Gasteiger partial charge in [-0.15, -0.1) is 10.2 Å². The number of halogens is 2. The van der Waals surface area contributed by atoms with Crippen LogP contribution in [-0.4, -0.2) is 72.6 Å². The number of urea groups is 1. The lowest BCUT2D eigenvalue weighted by atomic mass is 10.2. The van der Waals surface area contributed by atoms with Crippen LogP contribution in [0.5, 0.6) is 0 Å². The first-order chi connectivity index (χ1) is 21.3. The van der Waals surface area contributed by atoms with Crippen molar-refractivity contribution in [3.8, 4) is 0 Å². The number of aromatic nitrogens is 4. The second-order valence-electron chi connectivity index (χ2n) is 10.9. The molecule has 2 aromatic heterocycles. The van der Waals surface area contributed by atoms with Gasteiger partial charge in [0.05, 0.1) is 16.4 Å². The maximum absolute atomic E-state index is 13.9. The van der Waals surface area contributed by atoms with Crippen molar-refractivity contribution in [3.05, 3.63) is 83.3 Å². The maximum Gasteiger partial charge on any atom is 0.413 e. The molecule has 4 aromatic rings. The molecule has 0 radical (unpaired) electrons. The SMILES string of the molecule is CN(C(=O)NCc1cccc(F)c1Cl)C1(SCOC(=O)Nc2cc3ccccc3cn2)CC1CCN1CCn2cnnc2C1. The van der Waals surface area contributed by atoms with Gasteiger partial charge in [-0.25, -0.2) is 19.0 Å². The lowest BCUT2D eigenvalue weighted by molar-refractivity contribution is 0.179. The van der Waals surface area contributed by atoms with Gasteiger partial charge in [0.1, 0.15) is 29.7 Å². The van der Waals surface area contributed by atoms with Gasteiger partial charge in [0.15, 0.2) is 0 Å². The summed E-state index contributed by atoms with van der Waals surface area (Å²) >= 11 is 7.50. The van der Waals surface area contributed by atoms with Crippen LogP contribution >= 0.6 is 23.4 Å². The van der Waals surface area contributed by atoms with Gasteiger partial charge in [0, 0.05) is 38.3 Å². The quantitative estimate of drug-likeness (QED) is 0.224. The van der Waals surface area contributed by atoms with Gasteiger partial charge >= 0.3 is 12.1 Å². The molecule has 1 saturated carbocycles. The normalized spacial score (nSPS) is 19.3. The molecular weight excluding hydrogens is 607 g/mol. The van der Waals surface area contributed by atoms with E-state index in [1.807, 2.05) is 24.3 Å². The van der Waals surface area contributed by atoms with Gasteiger partial charge in [-0.1, -0.05) is 59.8 Å². The van der Waals surface area contributed by atoms with Crippen LogP contribution in [0.4, 0.5) is 19.8 Å². The number of carbonyl (C=O) groups excluding carboxylic acids is 2. The summed E-state index contributed by atoms with van der Waals surface area (Å²) in [5.74, 6) is 1.01. The van der Waals surface area contributed by atoms with Crippen LogP contribution in [0.15, 0.2) is 61.1 Å². The van der Waals surface area contributed by atoms with E-state index in [0.717, 1.165) is 55.6 Å². The molecule has 3 amide bonds. The number of carbonyl (C=O) groups is 2. The Balaban J connectivity index is 1.07. The highest BCUT2D eigenvalue weighted by atomic mass is 35.5. The van der Waals surface area contributed by atoms with E-state index in [4.69, 9.17) is 16.3 Å². The first-order valence-corrected chi connectivity index (χ1v) is 15.6. The fourth-order valence-electron chi connectivity index (χ4n) is 5.58. The number of rotatable bonds is 10. The van der Waals surface area contributed by atoms with E-state index in [0.29, 0.717) is 11.4 Å². The zero-order valence-corrected chi connectivity index (χ0v) is 25.7. The summed E-state index contributed by atoms with van der Waals surface area (Å²) in [6.07, 6.45) is 4.41. The molecule has 0 spiro atoms. The van der Waals surface area contributed by atoms with E-state index < -0.39 is 16.8 Å². The highest BCUT2D eigenvalue weighted by molar-refractivity contribution is 8.00. The van der Waals surface area contributed by atoms with Crippen LogP contribution in [0.25, 0.3) is 10.8 Å². The molecule has 11 nitrogen and oxygen atoms in total. The predicted octanol–water partition coefficient (Wildman–Crippen LogP) is 5.32. The first-order valence-electron chi connectivity index (χ1n) is 14.3. The lowest BCUT2D eigenvalue weighted by Crippen LogP contribution is -2.45. The number of hydrogen-bond acceptors (Lipinski definition) is 8. The van der Waals surface area contributed by atoms with Crippen LogP contribution in [-0.2, 0) is 24.4 Å². The van der Waals surface area contributed by atoms with E-state index in [2.05, 4.69) is 35.3 Å². The molecule has 0 saturated heterocycles. The molecular formula is C30H32ClFN8O3S. The summed E-state index contributed by atoms with van der Waals surface area (Å²) in [5, 5.41) is 15.7. The Morgan fingerprint density at radius 2 is 2.05 bits per heavy atom. The average Bonchev–Trinajstić information content (AvgIpc) is 3.53. The van der Waals surface area contributed by atoms with E-state index in [1.165, 1.54) is 17.8 Å². The Bertz CT molecular complexity index is 1670. The monoisotopic (exact) mass is 638 g/mol. The molecule has 2 unspecified atom stereocenters. The minimum atomic E-state index is -0.627. The van der Waals surface area contributed by atoms with Gasteiger partial charge in [-0.2, -0.15) is 0 Å². The van der Waals surface area contributed by atoms with Gasteiger partial charge in [0.2, 0.25) is 0 Å². The highest BCUT2D eigenvalue weighted by Gasteiger charge is 2.59. The minimum Gasteiger partial charge on any atom is -0.438 e. The van der Waals surface area contributed by atoms with Crippen LogP contribution in [0.1, 0.15) is 24.2 Å². The Hall–Kier alpha value is -3.94. The number of hydrogen-bond donors (Lipinski definition) is 2. The topological polar surface area (TPSA) is 118 Å². The summed E-state index contributed by atoms with van der Waals surface area (Å²) < 4.78 is 21.5. The summed E-state index contributed by atoms with van der Waals surface area (Å²) in [6, 6.07) is 13.7. The van der Waals surface area contributed by atoms with E-state index in [9.17, 15) is 14.0 Å². The average molecular weight is 639 g/mol. The maximum atomic E-state index is 13.9. The van der Waals surface area contributed by atoms with Crippen molar-refractivity contribution >= 4 is 52.1 Å². The number of amides is 3. The number of pyridine rings is 1. The van der Waals surface area contributed by atoms with Crippen molar-refractivity contribution in [1.29, 1.82) is 0 Å². The molecule has 230 valence electrons. The fourth-order valence-corrected chi connectivity index (χ4v) is 7.09. The summed E-state index contributed by atoms with van der Waals surface area (Å²) in [4.78, 5) is 33.7. The number of ether oxygens (including phenoxy) is 1. The van der Waals surface area contributed by atoms with Crippen LogP contribution in [0.2, 0.25) is 5.02 Å². The number of anilines is 1. The van der Waals surface area contributed by atoms with E-state index >= 15 is 0 Å². The summed E-state index contributed by atoms with van der Waals surface area (Å²) in [5.41, 5.74) is 0.489. The Labute approximate surface area is 263 Å². The molecule has 6 rings (SSSR count). The zero-order valence-electron chi connectivity index (χ0n) is 24.1. The molecule has 2 aromatic carbocycles. The Morgan fingerprint density at radius 3 is 2.91 bits per heavy atom. The minimum absolute atomic E-state index is 0.0125. The van der Waals surface area contributed by atoms with Crippen LogP contribution in [0.3, 0.4) is 0 Å². The van der Waals surface area contributed by atoms with Crippen molar-refractivity contribution in [2.24, 2.45) is 5.92 Å². The second-order valence-corrected chi connectivity index (χ2v) is 12.5. The van der Waals surface area contributed by atoms with Gasteiger partial charge < -0.3 is 19.5 Å². The molecule has 1 aliphatic heterocycles. The number of nitrogens with one attached hydrogen (secondary N) is 2. The summed E-state index contributed by atoms with van der Waals surface area (Å²) in [7, 11) is 1.73. The van der Waals surface area contributed by atoms with Crippen molar-refractivity contribution < 1.29 is 18.7 Å². The molecule has 1 fully saturated rings. The molecule has 0 bridgehead atoms. The van der Waals surface area contributed by atoms with Crippen LogP contribution < -0.4 is 10.6 Å². The molecule has 2 atom stereocenters. The molecule has 2 N–H and O–H groups in total. The molecule has 1 aliphatic carbocycles. The third-order valence-corrected chi connectivity index (χ3v) is 10.2. The highest BCUT2D eigenvalue weighted by Crippen LogP contribution is 2.58.